The number of aliphatic hydroxyl groups is 1. The Hall–Kier alpha value is -0.570. The van der Waals surface area contributed by atoms with Crippen molar-refractivity contribution in [2.45, 2.75) is 58.1 Å². The summed E-state index contributed by atoms with van der Waals surface area (Å²) in [6.45, 7) is 5.62. The van der Waals surface area contributed by atoms with Gasteiger partial charge < -0.3 is 10.4 Å². The van der Waals surface area contributed by atoms with Crippen molar-refractivity contribution in [3.8, 4) is 0 Å². The molecule has 1 rings (SSSR count). The molecule has 1 aliphatic carbocycles. The van der Waals surface area contributed by atoms with Gasteiger partial charge in [0.2, 0.25) is 5.91 Å². The second-order valence-corrected chi connectivity index (χ2v) is 4.95. The Balaban J connectivity index is 2.42. The van der Waals surface area contributed by atoms with Crippen LogP contribution in [0.3, 0.4) is 0 Å². The zero-order chi connectivity index (χ0) is 10.8. The molecule has 0 saturated heterocycles. The Morgan fingerprint density at radius 3 is 2.71 bits per heavy atom. The first-order chi connectivity index (χ1) is 6.41. The van der Waals surface area contributed by atoms with Gasteiger partial charge in [-0.25, -0.2) is 0 Å². The molecule has 1 amide bonds. The van der Waals surface area contributed by atoms with E-state index in [9.17, 15) is 9.90 Å². The molecule has 3 nitrogen and oxygen atoms in total. The van der Waals surface area contributed by atoms with E-state index in [1.165, 1.54) is 0 Å². The van der Waals surface area contributed by atoms with Gasteiger partial charge in [-0.2, -0.15) is 0 Å². The first-order valence-corrected chi connectivity index (χ1v) is 5.43. The highest BCUT2D eigenvalue weighted by atomic mass is 16.3. The smallest absolute Gasteiger partial charge is 0.222 e. The number of hydrogen-bond donors (Lipinski definition) is 2. The summed E-state index contributed by atoms with van der Waals surface area (Å²) < 4.78 is 0. The molecule has 0 aliphatic heterocycles. The van der Waals surface area contributed by atoms with Crippen molar-refractivity contribution >= 4 is 5.91 Å². The molecule has 0 heterocycles. The van der Waals surface area contributed by atoms with E-state index in [1.54, 1.807) is 0 Å². The highest BCUT2D eigenvalue weighted by molar-refractivity contribution is 5.78. The minimum absolute atomic E-state index is 0.0295. The minimum atomic E-state index is -0.590. The van der Waals surface area contributed by atoms with Crippen LogP contribution in [0, 0.1) is 5.92 Å². The largest absolute Gasteiger partial charge is 0.390 e. The molecule has 14 heavy (non-hydrogen) atoms. The van der Waals surface area contributed by atoms with Crippen LogP contribution in [-0.4, -0.2) is 22.7 Å². The number of hydrogen-bond acceptors (Lipinski definition) is 2. The minimum Gasteiger partial charge on any atom is -0.390 e. The first kappa shape index (κ1) is 11.5. The monoisotopic (exact) mass is 199 g/mol. The number of rotatable bonds is 2. The van der Waals surface area contributed by atoms with Gasteiger partial charge in [-0.15, -0.1) is 0 Å². The van der Waals surface area contributed by atoms with Crippen LogP contribution in [0.15, 0.2) is 0 Å². The fourth-order valence-corrected chi connectivity index (χ4v) is 1.96. The van der Waals surface area contributed by atoms with Gasteiger partial charge >= 0.3 is 0 Å². The molecule has 2 N–H and O–H groups in total. The van der Waals surface area contributed by atoms with Gasteiger partial charge in [0, 0.05) is 12.0 Å². The van der Waals surface area contributed by atoms with E-state index in [0.717, 1.165) is 19.3 Å². The summed E-state index contributed by atoms with van der Waals surface area (Å²) in [7, 11) is 0. The normalized spacial score (nSPS) is 33.1. The summed E-state index contributed by atoms with van der Waals surface area (Å²) in [4.78, 5) is 11.4. The second kappa shape index (κ2) is 4.30. The maximum absolute atomic E-state index is 11.4. The summed E-state index contributed by atoms with van der Waals surface area (Å²) in [6.07, 6.45) is 3.52. The quantitative estimate of drug-likeness (QED) is 0.707. The molecule has 0 aromatic carbocycles. The van der Waals surface area contributed by atoms with Crippen molar-refractivity contribution in [3.05, 3.63) is 0 Å². The molecular weight excluding hydrogens is 178 g/mol. The van der Waals surface area contributed by atoms with Gasteiger partial charge in [0.15, 0.2) is 0 Å². The highest BCUT2D eigenvalue weighted by Gasteiger charge is 2.30. The lowest BCUT2D eigenvalue weighted by Gasteiger charge is -2.34. The maximum atomic E-state index is 11.4. The lowest BCUT2D eigenvalue weighted by molar-refractivity contribution is -0.125. The fraction of sp³-hybridized carbons (Fsp3) is 0.909. The zero-order valence-corrected chi connectivity index (χ0v) is 9.34. The third-order valence-electron chi connectivity index (χ3n) is 2.82. The van der Waals surface area contributed by atoms with E-state index in [2.05, 4.69) is 5.32 Å². The van der Waals surface area contributed by atoms with Crippen LogP contribution in [0.4, 0.5) is 0 Å². The van der Waals surface area contributed by atoms with Crippen LogP contribution in [0.5, 0.6) is 0 Å². The Morgan fingerprint density at radius 2 is 2.21 bits per heavy atom. The van der Waals surface area contributed by atoms with Crippen molar-refractivity contribution < 1.29 is 9.90 Å². The van der Waals surface area contributed by atoms with E-state index in [4.69, 9.17) is 0 Å². The lowest BCUT2D eigenvalue weighted by atomic mass is 9.83. The molecule has 0 radical (unpaired) electrons. The van der Waals surface area contributed by atoms with Gasteiger partial charge in [-0.3, -0.25) is 4.79 Å². The lowest BCUT2D eigenvalue weighted by Crippen LogP contribution is -2.45. The Kier molecular flexibility index (Phi) is 3.53. The summed E-state index contributed by atoms with van der Waals surface area (Å²) >= 11 is 0. The van der Waals surface area contributed by atoms with Gasteiger partial charge in [-0.05, 0) is 32.6 Å². The maximum Gasteiger partial charge on any atom is 0.222 e. The summed E-state index contributed by atoms with van der Waals surface area (Å²) in [5.41, 5.74) is -0.590. The number of carbonyl (C=O) groups excluding carboxylic acids is 1. The molecule has 0 bridgehead atoms. The van der Waals surface area contributed by atoms with Crippen molar-refractivity contribution in [2.75, 3.05) is 0 Å². The summed E-state index contributed by atoms with van der Waals surface area (Å²) in [6, 6.07) is 0.161. The summed E-state index contributed by atoms with van der Waals surface area (Å²) in [5.74, 6) is 0.120. The van der Waals surface area contributed by atoms with Crippen LogP contribution in [-0.2, 0) is 4.79 Å². The molecule has 0 unspecified atom stereocenters. The van der Waals surface area contributed by atoms with Crippen LogP contribution in [0.25, 0.3) is 0 Å². The fourth-order valence-electron chi connectivity index (χ4n) is 1.96. The topological polar surface area (TPSA) is 49.3 Å². The molecule has 1 saturated carbocycles. The van der Waals surface area contributed by atoms with Crippen molar-refractivity contribution in [1.29, 1.82) is 0 Å². The van der Waals surface area contributed by atoms with E-state index in [1.807, 2.05) is 20.8 Å². The van der Waals surface area contributed by atoms with Crippen molar-refractivity contribution in [1.82, 2.24) is 5.32 Å². The molecule has 3 heteroatoms. The second-order valence-electron chi connectivity index (χ2n) is 4.95. The third-order valence-corrected chi connectivity index (χ3v) is 2.82. The average molecular weight is 199 g/mol. The third kappa shape index (κ3) is 3.29. The Morgan fingerprint density at radius 1 is 1.57 bits per heavy atom. The number of carbonyl (C=O) groups is 1. The number of amides is 1. The molecule has 1 fully saturated rings. The number of nitrogens with one attached hydrogen (secondary N) is 1. The standard InChI is InChI=1S/C11H21NO2/c1-8(2)10(13)12-9-5-4-6-11(3,14)7-9/h8-9,14H,4-7H2,1-3H3,(H,12,13)/t9-,11-/m0/s1. The Bertz CT molecular complexity index is 211. The molecule has 1 aliphatic rings. The van der Waals surface area contributed by atoms with E-state index in [0.29, 0.717) is 6.42 Å². The van der Waals surface area contributed by atoms with E-state index < -0.39 is 5.60 Å². The zero-order valence-electron chi connectivity index (χ0n) is 9.34. The van der Waals surface area contributed by atoms with Gasteiger partial charge in [-0.1, -0.05) is 13.8 Å². The molecule has 0 aromatic heterocycles. The van der Waals surface area contributed by atoms with E-state index in [-0.39, 0.29) is 17.9 Å². The van der Waals surface area contributed by atoms with Crippen LogP contribution in [0.2, 0.25) is 0 Å². The van der Waals surface area contributed by atoms with Crippen molar-refractivity contribution in [2.24, 2.45) is 5.92 Å². The molecule has 0 aromatic rings. The molecule has 0 spiro atoms. The predicted molar refractivity (Wildman–Crippen MR) is 55.9 cm³/mol. The van der Waals surface area contributed by atoms with Gasteiger partial charge in [0.1, 0.15) is 0 Å². The molecule has 82 valence electrons. The van der Waals surface area contributed by atoms with Crippen molar-refractivity contribution in [3.63, 3.8) is 0 Å². The van der Waals surface area contributed by atoms with Crippen LogP contribution >= 0.6 is 0 Å². The first-order valence-electron chi connectivity index (χ1n) is 5.43. The molecule has 2 atom stereocenters. The predicted octanol–water partition coefficient (Wildman–Crippen LogP) is 1.45. The van der Waals surface area contributed by atoms with Gasteiger partial charge in [0.25, 0.3) is 0 Å². The van der Waals surface area contributed by atoms with E-state index >= 15 is 0 Å². The average Bonchev–Trinajstić information content (AvgIpc) is 2.01. The Labute approximate surface area is 85.9 Å². The highest BCUT2D eigenvalue weighted by Crippen LogP contribution is 2.27. The van der Waals surface area contributed by atoms with Gasteiger partial charge in [0.05, 0.1) is 5.60 Å². The van der Waals surface area contributed by atoms with Crippen LogP contribution < -0.4 is 5.32 Å². The summed E-state index contributed by atoms with van der Waals surface area (Å²) in [5, 5.41) is 12.8. The van der Waals surface area contributed by atoms with Crippen LogP contribution in [0.1, 0.15) is 46.5 Å². The molecular formula is C11H21NO2. The SMILES string of the molecule is CC(C)C(=O)N[C@H]1CCC[C@](C)(O)C1.